The minimum atomic E-state index is -2.91. The first kappa shape index (κ1) is 12.8. The van der Waals surface area contributed by atoms with E-state index in [1.807, 2.05) is 0 Å². The first-order valence-electron chi connectivity index (χ1n) is 4.19. The Bertz CT molecular complexity index is 459. The van der Waals surface area contributed by atoms with Crippen LogP contribution in [0.25, 0.3) is 0 Å². The minimum absolute atomic E-state index is 0.212. The van der Waals surface area contributed by atoms with Crippen LogP contribution < -0.4 is 5.56 Å². The molecule has 0 amide bonds. The van der Waals surface area contributed by atoms with Crippen molar-refractivity contribution in [2.24, 2.45) is 0 Å². The number of alkyl halides is 3. The van der Waals surface area contributed by atoms with E-state index in [0.29, 0.717) is 0 Å². The van der Waals surface area contributed by atoms with Gasteiger partial charge in [0.25, 0.3) is 12.0 Å². The summed E-state index contributed by atoms with van der Waals surface area (Å²) in [6.07, 6.45) is -2.91. The van der Waals surface area contributed by atoms with Gasteiger partial charge in [-0.05, 0) is 6.07 Å². The average molecular weight is 296 g/mol. The zero-order valence-electron chi connectivity index (χ0n) is 8.22. The zero-order valence-corrected chi connectivity index (χ0v) is 9.81. The van der Waals surface area contributed by atoms with Gasteiger partial charge in [0.1, 0.15) is 5.56 Å². The van der Waals surface area contributed by atoms with Crippen molar-refractivity contribution < 1.29 is 18.3 Å². The highest BCUT2D eigenvalue weighted by Crippen LogP contribution is 2.22. The molecule has 88 valence electrons. The molecular formula is C9H8BrF2NO3. The molecule has 0 radical (unpaired) electrons. The predicted molar refractivity (Wildman–Crippen MR) is 56.0 cm³/mol. The highest BCUT2D eigenvalue weighted by Gasteiger charge is 2.23. The molecule has 0 bridgehead atoms. The molecule has 7 heteroatoms. The fraction of sp³-hybridized carbons (Fsp3) is 0.333. The minimum Gasteiger partial charge on any atom is -0.465 e. The lowest BCUT2D eigenvalue weighted by Gasteiger charge is -2.07. The predicted octanol–water partition coefficient (Wildman–Crippen LogP) is 1.99. The fourth-order valence-corrected chi connectivity index (χ4v) is 1.49. The number of ether oxygens (including phenoxy) is 1. The highest BCUT2D eigenvalue weighted by molar-refractivity contribution is 9.08. The molecule has 1 aromatic rings. The quantitative estimate of drug-likeness (QED) is 0.685. The molecule has 0 aliphatic carbocycles. The number of pyridine rings is 1. The molecule has 0 aromatic carbocycles. The van der Waals surface area contributed by atoms with Crippen LogP contribution in [0.3, 0.4) is 0 Å². The second-order valence-corrected chi connectivity index (χ2v) is 3.44. The van der Waals surface area contributed by atoms with Crippen LogP contribution in [0.2, 0.25) is 0 Å². The molecular weight excluding hydrogens is 288 g/mol. The summed E-state index contributed by atoms with van der Waals surface area (Å²) in [4.78, 5) is 24.9. The van der Waals surface area contributed by atoms with Crippen molar-refractivity contribution in [1.29, 1.82) is 0 Å². The molecule has 0 spiro atoms. The third-order valence-electron chi connectivity index (χ3n) is 1.89. The van der Waals surface area contributed by atoms with Crippen LogP contribution in [0.15, 0.2) is 10.9 Å². The molecule has 1 N–H and O–H groups in total. The highest BCUT2D eigenvalue weighted by atomic mass is 79.9. The van der Waals surface area contributed by atoms with E-state index in [-0.39, 0.29) is 11.0 Å². The van der Waals surface area contributed by atoms with E-state index in [9.17, 15) is 18.4 Å². The standard InChI is InChI=1S/C9H8BrF2NO3/c1-16-9(15)6-5(7(11)12)2-4(3-10)13-8(6)14/h2,7H,3H2,1H3,(H,13,14). The summed E-state index contributed by atoms with van der Waals surface area (Å²) < 4.78 is 29.6. The number of carbonyl (C=O) groups excluding carboxylic acids is 1. The summed E-state index contributed by atoms with van der Waals surface area (Å²) in [5, 5.41) is 0.212. The van der Waals surface area contributed by atoms with Crippen LogP contribution in [0, 0.1) is 0 Å². The van der Waals surface area contributed by atoms with Gasteiger partial charge in [0.15, 0.2) is 0 Å². The third kappa shape index (κ3) is 2.46. The van der Waals surface area contributed by atoms with Crippen molar-refractivity contribution in [2.75, 3.05) is 7.11 Å². The van der Waals surface area contributed by atoms with E-state index in [4.69, 9.17) is 0 Å². The van der Waals surface area contributed by atoms with E-state index in [2.05, 4.69) is 25.7 Å². The van der Waals surface area contributed by atoms with Gasteiger partial charge in [-0.25, -0.2) is 13.6 Å². The smallest absolute Gasteiger partial charge is 0.344 e. The molecule has 0 saturated heterocycles. The first-order valence-corrected chi connectivity index (χ1v) is 5.32. The number of aromatic amines is 1. The van der Waals surface area contributed by atoms with Crippen LogP contribution in [0.1, 0.15) is 28.0 Å². The number of rotatable bonds is 3. The lowest BCUT2D eigenvalue weighted by molar-refractivity contribution is 0.0587. The van der Waals surface area contributed by atoms with Crippen LogP contribution in [-0.4, -0.2) is 18.1 Å². The number of aromatic nitrogens is 1. The van der Waals surface area contributed by atoms with Gasteiger partial charge < -0.3 is 9.72 Å². The van der Waals surface area contributed by atoms with Crippen molar-refractivity contribution in [3.05, 3.63) is 33.2 Å². The molecule has 0 aliphatic heterocycles. The van der Waals surface area contributed by atoms with E-state index >= 15 is 0 Å². The molecule has 4 nitrogen and oxygen atoms in total. The molecule has 0 atom stereocenters. The number of hydrogen-bond donors (Lipinski definition) is 1. The van der Waals surface area contributed by atoms with E-state index in [1.165, 1.54) is 0 Å². The van der Waals surface area contributed by atoms with Gasteiger partial charge in [-0.1, -0.05) is 15.9 Å². The Kier molecular flexibility index (Phi) is 4.17. The summed E-state index contributed by atoms with van der Waals surface area (Å²) in [5.74, 6) is -1.07. The third-order valence-corrected chi connectivity index (χ3v) is 2.49. The largest absolute Gasteiger partial charge is 0.465 e. The van der Waals surface area contributed by atoms with Crippen LogP contribution in [0.4, 0.5) is 8.78 Å². The molecule has 0 saturated carbocycles. The summed E-state index contributed by atoms with van der Waals surface area (Å²) in [5.41, 5.74) is -1.88. The number of nitrogens with one attached hydrogen (secondary N) is 1. The van der Waals surface area contributed by atoms with E-state index < -0.39 is 29.1 Å². The molecule has 0 aliphatic rings. The number of halogens is 3. The summed E-state index contributed by atoms with van der Waals surface area (Å²) >= 11 is 3.02. The Morgan fingerprint density at radius 2 is 2.25 bits per heavy atom. The van der Waals surface area contributed by atoms with Crippen LogP contribution in [-0.2, 0) is 10.1 Å². The van der Waals surface area contributed by atoms with Crippen LogP contribution >= 0.6 is 15.9 Å². The average Bonchev–Trinajstić information content (AvgIpc) is 2.26. The van der Waals surface area contributed by atoms with Gasteiger partial charge in [-0.2, -0.15) is 0 Å². The van der Waals surface area contributed by atoms with Crippen molar-refractivity contribution in [3.8, 4) is 0 Å². The Balaban J connectivity index is 3.46. The maximum atomic E-state index is 12.6. The molecule has 0 fully saturated rings. The van der Waals surface area contributed by atoms with Gasteiger partial charge in [-0.15, -0.1) is 0 Å². The maximum absolute atomic E-state index is 12.6. The van der Waals surface area contributed by atoms with E-state index in [1.54, 1.807) is 0 Å². The Hall–Kier alpha value is -1.24. The molecule has 0 unspecified atom stereocenters. The monoisotopic (exact) mass is 295 g/mol. The van der Waals surface area contributed by atoms with Crippen LogP contribution in [0.5, 0.6) is 0 Å². The van der Waals surface area contributed by atoms with E-state index in [0.717, 1.165) is 13.2 Å². The molecule has 1 heterocycles. The summed E-state index contributed by atoms with van der Waals surface area (Å²) in [6, 6.07) is 1.06. The SMILES string of the molecule is COC(=O)c1c(C(F)F)cc(CBr)[nH]c1=O. The topological polar surface area (TPSA) is 59.2 Å². The summed E-state index contributed by atoms with van der Waals surface area (Å²) in [6.45, 7) is 0. The summed E-state index contributed by atoms with van der Waals surface area (Å²) in [7, 11) is 1.02. The van der Waals surface area contributed by atoms with Crippen molar-refractivity contribution in [1.82, 2.24) is 4.98 Å². The lowest BCUT2D eigenvalue weighted by Crippen LogP contribution is -2.23. The molecule has 1 rings (SSSR count). The molecule has 1 aromatic heterocycles. The van der Waals surface area contributed by atoms with Crippen molar-refractivity contribution in [2.45, 2.75) is 11.8 Å². The number of carbonyl (C=O) groups is 1. The second-order valence-electron chi connectivity index (χ2n) is 2.88. The van der Waals surface area contributed by atoms with Gasteiger partial charge in [-0.3, -0.25) is 4.79 Å². The van der Waals surface area contributed by atoms with Gasteiger partial charge >= 0.3 is 5.97 Å². The van der Waals surface area contributed by atoms with Gasteiger partial charge in [0, 0.05) is 16.6 Å². The maximum Gasteiger partial charge on any atom is 0.344 e. The second kappa shape index (κ2) is 5.20. The lowest BCUT2D eigenvalue weighted by atomic mass is 10.1. The number of methoxy groups -OCH3 is 1. The number of hydrogen-bond acceptors (Lipinski definition) is 3. The molecule has 16 heavy (non-hydrogen) atoms. The normalized spacial score (nSPS) is 10.6. The fourth-order valence-electron chi connectivity index (χ4n) is 1.19. The zero-order chi connectivity index (χ0) is 12.3. The number of H-pyrrole nitrogens is 1. The van der Waals surface area contributed by atoms with Crippen molar-refractivity contribution >= 4 is 21.9 Å². The van der Waals surface area contributed by atoms with Gasteiger partial charge in [0.05, 0.1) is 7.11 Å². The Morgan fingerprint density at radius 1 is 1.62 bits per heavy atom. The Labute approximate surface area is 97.7 Å². The van der Waals surface area contributed by atoms with Gasteiger partial charge in [0.2, 0.25) is 0 Å². The Morgan fingerprint density at radius 3 is 2.69 bits per heavy atom. The number of esters is 1. The van der Waals surface area contributed by atoms with Crippen molar-refractivity contribution in [3.63, 3.8) is 0 Å². The first-order chi connectivity index (χ1) is 7.51.